The van der Waals surface area contributed by atoms with Crippen molar-refractivity contribution in [3.63, 3.8) is 0 Å². The Bertz CT molecular complexity index is 851. The van der Waals surface area contributed by atoms with E-state index in [1.807, 2.05) is 12.1 Å². The van der Waals surface area contributed by atoms with Crippen LogP contribution in [0, 0.1) is 12.7 Å². The number of anilines is 1. The largest absolute Gasteiger partial charge is 0.369 e. The molecule has 3 nitrogen and oxygen atoms in total. The van der Waals surface area contributed by atoms with Crippen LogP contribution in [0.5, 0.6) is 0 Å². The molecule has 0 saturated carbocycles. The second-order valence-corrected chi connectivity index (χ2v) is 5.59. The molecule has 2 aromatic carbocycles. The third kappa shape index (κ3) is 1.99. The van der Waals surface area contributed by atoms with Gasteiger partial charge in [0.2, 0.25) is 0 Å². The summed E-state index contributed by atoms with van der Waals surface area (Å²) in [4.78, 5) is 0. The Balaban J connectivity index is 1.93. The molecule has 1 aliphatic rings. The monoisotopic (exact) mass is 293 g/mol. The topological polar surface area (TPSA) is 29.9 Å². The van der Waals surface area contributed by atoms with Gasteiger partial charge in [-0.25, -0.2) is 9.07 Å². The number of nitrogens with one attached hydrogen (secondary N) is 1. The molecule has 3 aromatic rings. The molecule has 110 valence electrons. The van der Waals surface area contributed by atoms with Crippen molar-refractivity contribution < 1.29 is 4.39 Å². The Kier molecular flexibility index (Phi) is 2.96. The Morgan fingerprint density at radius 2 is 2.00 bits per heavy atom. The molecule has 22 heavy (non-hydrogen) atoms. The van der Waals surface area contributed by atoms with Gasteiger partial charge in [0.25, 0.3) is 0 Å². The maximum Gasteiger partial charge on any atom is 0.148 e. The molecule has 0 fully saturated rings. The van der Waals surface area contributed by atoms with E-state index in [4.69, 9.17) is 0 Å². The first kappa shape index (κ1) is 13.1. The summed E-state index contributed by atoms with van der Waals surface area (Å²) in [6.45, 7) is 2.93. The van der Waals surface area contributed by atoms with Gasteiger partial charge in [0.15, 0.2) is 0 Å². The normalized spacial score (nSPS) is 13.0. The van der Waals surface area contributed by atoms with E-state index >= 15 is 0 Å². The van der Waals surface area contributed by atoms with Crippen LogP contribution >= 0.6 is 0 Å². The van der Waals surface area contributed by atoms with Crippen LogP contribution in [0.2, 0.25) is 0 Å². The Hall–Kier alpha value is -2.62. The van der Waals surface area contributed by atoms with Crippen molar-refractivity contribution in [3.8, 4) is 16.9 Å². The van der Waals surface area contributed by atoms with Crippen molar-refractivity contribution in [2.45, 2.75) is 13.3 Å². The number of fused-ring (bicyclic) bond motifs is 1. The van der Waals surface area contributed by atoms with Crippen LogP contribution in [0.25, 0.3) is 16.9 Å². The minimum absolute atomic E-state index is 0.266. The fourth-order valence-corrected chi connectivity index (χ4v) is 3.00. The number of halogens is 1. The molecule has 0 spiro atoms. The molecule has 2 heterocycles. The predicted molar refractivity (Wildman–Crippen MR) is 85.9 cm³/mol. The zero-order chi connectivity index (χ0) is 15.1. The molecule has 0 bridgehead atoms. The number of nitrogens with zero attached hydrogens (tertiary/aromatic N) is 2. The van der Waals surface area contributed by atoms with Crippen molar-refractivity contribution in [2.24, 2.45) is 0 Å². The highest BCUT2D eigenvalue weighted by Gasteiger charge is 2.24. The van der Waals surface area contributed by atoms with Crippen LogP contribution in [-0.2, 0) is 6.42 Å². The summed E-state index contributed by atoms with van der Waals surface area (Å²) in [6, 6.07) is 15.0. The predicted octanol–water partition coefficient (Wildman–Crippen LogP) is 3.95. The molecule has 1 aliphatic heterocycles. The number of aromatic nitrogens is 2. The molecule has 0 amide bonds. The summed E-state index contributed by atoms with van der Waals surface area (Å²) in [5, 5.41) is 8.02. The highest BCUT2D eigenvalue weighted by Crippen LogP contribution is 2.35. The summed E-state index contributed by atoms with van der Waals surface area (Å²) in [5.74, 6) is 0.638. The smallest absolute Gasteiger partial charge is 0.148 e. The van der Waals surface area contributed by atoms with Gasteiger partial charge < -0.3 is 5.32 Å². The standard InChI is InChI=1S/C18H16FN3/c1-12-5-4-6-13(11-12)17-14-9-10-20-18(14)22(21-17)16-8-3-2-7-15(16)19/h2-8,11,20H,9-10H2,1H3. The number of benzene rings is 2. The maximum absolute atomic E-state index is 14.1. The molecular weight excluding hydrogens is 277 g/mol. The number of hydrogen-bond acceptors (Lipinski definition) is 2. The van der Waals surface area contributed by atoms with E-state index < -0.39 is 0 Å². The minimum atomic E-state index is -0.266. The molecule has 0 aliphatic carbocycles. The van der Waals surface area contributed by atoms with Gasteiger partial charge in [-0.05, 0) is 31.5 Å². The van der Waals surface area contributed by atoms with Gasteiger partial charge in [0.1, 0.15) is 17.3 Å². The lowest BCUT2D eigenvalue weighted by atomic mass is 10.0. The number of hydrogen-bond donors (Lipinski definition) is 1. The van der Waals surface area contributed by atoms with Crippen LogP contribution < -0.4 is 5.32 Å². The van der Waals surface area contributed by atoms with Crippen molar-refractivity contribution in [1.82, 2.24) is 9.78 Å². The van der Waals surface area contributed by atoms with Gasteiger partial charge >= 0.3 is 0 Å². The van der Waals surface area contributed by atoms with E-state index in [0.717, 1.165) is 35.6 Å². The summed E-state index contributed by atoms with van der Waals surface area (Å²) in [6.07, 6.45) is 0.910. The first-order valence-electron chi connectivity index (χ1n) is 7.42. The lowest BCUT2D eigenvalue weighted by Gasteiger charge is -2.07. The molecule has 0 radical (unpaired) electrons. The van der Waals surface area contributed by atoms with Crippen molar-refractivity contribution >= 4 is 5.82 Å². The van der Waals surface area contributed by atoms with Gasteiger partial charge in [0, 0.05) is 17.7 Å². The molecule has 1 N–H and O–H groups in total. The van der Waals surface area contributed by atoms with Crippen LogP contribution in [0.1, 0.15) is 11.1 Å². The SMILES string of the molecule is Cc1cccc(-c2nn(-c3ccccc3F)c3c2CCN3)c1. The first-order chi connectivity index (χ1) is 10.7. The van der Waals surface area contributed by atoms with Crippen LogP contribution in [0.15, 0.2) is 48.5 Å². The van der Waals surface area contributed by atoms with Crippen LogP contribution in [-0.4, -0.2) is 16.3 Å². The van der Waals surface area contributed by atoms with Gasteiger partial charge in [-0.3, -0.25) is 0 Å². The van der Waals surface area contributed by atoms with Gasteiger partial charge in [-0.1, -0.05) is 35.9 Å². The summed E-state index contributed by atoms with van der Waals surface area (Å²) >= 11 is 0. The molecule has 0 atom stereocenters. The average Bonchev–Trinajstić information content (AvgIpc) is 3.10. The van der Waals surface area contributed by atoms with Gasteiger partial charge in [0.05, 0.1) is 5.69 Å². The third-order valence-electron chi connectivity index (χ3n) is 4.02. The van der Waals surface area contributed by atoms with Gasteiger partial charge in [-0.15, -0.1) is 0 Å². The second kappa shape index (κ2) is 4.98. The highest BCUT2D eigenvalue weighted by molar-refractivity contribution is 5.73. The van der Waals surface area contributed by atoms with E-state index in [1.165, 1.54) is 11.6 Å². The van der Waals surface area contributed by atoms with Crippen molar-refractivity contribution in [2.75, 3.05) is 11.9 Å². The fraction of sp³-hybridized carbons (Fsp3) is 0.167. The summed E-state index contributed by atoms with van der Waals surface area (Å²) in [7, 11) is 0. The Morgan fingerprint density at radius 3 is 2.82 bits per heavy atom. The lowest BCUT2D eigenvalue weighted by Crippen LogP contribution is -2.05. The zero-order valence-corrected chi connectivity index (χ0v) is 12.3. The van der Waals surface area contributed by atoms with E-state index in [2.05, 4.69) is 35.5 Å². The minimum Gasteiger partial charge on any atom is -0.369 e. The quantitative estimate of drug-likeness (QED) is 0.775. The number of para-hydroxylation sites is 1. The van der Waals surface area contributed by atoms with Crippen LogP contribution in [0.4, 0.5) is 10.2 Å². The summed E-state index contributed by atoms with van der Waals surface area (Å²) in [5.41, 5.74) is 4.85. The van der Waals surface area contributed by atoms with E-state index in [9.17, 15) is 4.39 Å². The molecule has 0 saturated heterocycles. The van der Waals surface area contributed by atoms with Crippen molar-refractivity contribution in [1.29, 1.82) is 0 Å². The first-order valence-corrected chi connectivity index (χ1v) is 7.42. The molecule has 0 unspecified atom stereocenters. The van der Waals surface area contributed by atoms with E-state index in [0.29, 0.717) is 5.69 Å². The third-order valence-corrected chi connectivity index (χ3v) is 4.02. The number of aryl methyl sites for hydroxylation is 1. The second-order valence-electron chi connectivity index (χ2n) is 5.59. The van der Waals surface area contributed by atoms with E-state index in [-0.39, 0.29) is 5.82 Å². The number of rotatable bonds is 2. The molecule has 4 heteroatoms. The zero-order valence-electron chi connectivity index (χ0n) is 12.3. The molecule has 1 aromatic heterocycles. The average molecular weight is 293 g/mol. The molecular formula is C18H16FN3. The van der Waals surface area contributed by atoms with Crippen LogP contribution in [0.3, 0.4) is 0 Å². The lowest BCUT2D eigenvalue weighted by molar-refractivity contribution is 0.612. The molecule has 4 rings (SSSR count). The Morgan fingerprint density at radius 1 is 1.14 bits per heavy atom. The van der Waals surface area contributed by atoms with Gasteiger partial charge in [-0.2, -0.15) is 5.10 Å². The van der Waals surface area contributed by atoms with E-state index in [1.54, 1.807) is 16.8 Å². The highest BCUT2D eigenvalue weighted by atomic mass is 19.1. The Labute approximate surface area is 128 Å². The summed E-state index contributed by atoms with van der Waals surface area (Å²) < 4.78 is 15.8. The van der Waals surface area contributed by atoms with Crippen molar-refractivity contribution in [3.05, 3.63) is 65.5 Å². The fourth-order valence-electron chi connectivity index (χ4n) is 3.00. The maximum atomic E-state index is 14.1.